The van der Waals surface area contributed by atoms with Gasteiger partial charge in [-0.1, -0.05) is 13.8 Å². The van der Waals surface area contributed by atoms with Crippen LogP contribution in [0.3, 0.4) is 0 Å². The molecule has 90 valence electrons. The Morgan fingerprint density at radius 3 is 2.62 bits per heavy atom. The van der Waals surface area contributed by atoms with E-state index in [0.717, 1.165) is 23.1 Å². The van der Waals surface area contributed by atoms with Gasteiger partial charge in [0.15, 0.2) is 0 Å². The van der Waals surface area contributed by atoms with E-state index in [2.05, 4.69) is 39.7 Å². The van der Waals surface area contributed by atoms with Gasteiger partial charge in [0.1, 0.15) is 5.82 Å². The first-order chi connectivity index (χ1) is 7.74. The molecule has 3 nitrogen and oxygen atoms in total. The highest BCUT2D eigenvalue weighted by atomic mass is 79.9. The van der Waals surface area contributed by atoms with Crippen LogP contribution in [0, 0.1) is 0 Å². The highest BCUT2D eigenvalue weighted by Gasteiger charge is 2.18. The maximum atomic E-state index is 9.14. The average Bonchev–Trinajstić information content (AvgIpc) is 2.30. The Bertz CT molecular complexity index is 316. The maximum absolute atomic E-state index is 9.14. The van der Waals surface area contributed by atoms with Crippen LogP contribution >= 0.6 is 15.9 Å². The van der Waals surface area contributed by atoms with Gasteiger partial charge in [0.05, 0.1) is 11.1 Å². The number of hydrogen-bond donors (Lipinski definition) is 1. The normalized spacial score (nSPS) is 10.8. The van der Waals surface area contributed by atoms with Crippen LogP contribution in [0.2, 0.25) is 0 Å². The summed E-state index contributed by atoms with van der Waals surface area (Å²) in [6.07, 6.45) is 3.89. The monoisotopic (exact) mass is 286 g/mol. The van der Waals surface area contributed by atoms with Gasteiger partial charge in [0.2, 0.25) is 0 Å². The van der Waals surface area contributed by atoms with Crippen LogP contribution in [0.5, 0.6) is 0 Å². The van der Waals surface area contributed by atoms with Crippen LogP contribution in [0.15, 0.2) is 22.8 Å². The molecule has 1 rings (SSSR count). The number of hydrogen-bond acceptors (Lipinski definition) is 3. The lowest BCUT2D eigenvalue weighted by atomic mass is 10.1. The minimum absolute atomic E-state index is 0.152. The van der Waals surface area contributed by atoms with Crippen molar-refractivity contribution < 1.29 is 5.11 Å². The smallest absolute Gasteiger partial charge is 0.143 e. The van der Waals surface area contributed by atoms with Crippen LogP contribution < -0.4 is 4.90 Å². The topological polar surface area (TPSA) is 36.4 Å². The van der Waals surface area contributed by atoms with Crippen LogP contribution in [-0.4, -0.2) is 29.3 Å². The van der Waals surface area contributed by atoms with Gasteiger partial charge in [0, 0.05) is 18.8 Å². The van der Waals surface area contributed by atoms with E-state index in [-0.39, 0.29) is 6.61 Å². The van der Waals surface area contributed by atoms with E-state index in [0.29, 0.717) is 12.6 Å². The quantitative estimate of drug-likeness (QED) is 0.874. The van der Waals surface area contributed by atoms with Gasteiger partial charge >= 0.3 is 0 Å². The summed E-state index contributed by atoms with van der Waals surface area (Å²) in [4.78, 5) is 6.55. The summed E-state index contributed by atoms with van der Waals surface area (Å²) in [5.41, 5.74) is 0. The molecule has 0 bridgehead atoms. The molecule has 1 aromatic rings. The highest BCUT2D eigenvalue weighted by Crippen LogP contribution is 2.26. The van der Waals surface area contributed by atoms with Gasteiger partial charge in [0.25, 0.3) is 0 Å². The van der Waals surface area contributed by atoms with Crippen LogP contribution in [-0.2, 0) is 0 Å². The molecule has 0 aliphatic heterocycles. The molecule has 0 unspecified atom stereocenters. The SMILES string of the molecule is CCC(CC)N(CCO)c1ncccc1Br. The van der Waals surface area contributed by atoms with E-state index in [1.165, 1.54) is 0 Å². The average molecular weight is 287 g/mol. The number of nitrogens with zero attached hydrogens (tertiary/aromatic N) is 2. The summed E-state index contributed by atoms with van der Waals surface area (Å²) in [7, 11) is 0. The predicted molar refractivity (Wildman–Crippen MR) is 70.7 cm³/mol. The first-order valence-electron chi connectivity index (χ1n) is 5.72. The standard InChI is InChI=1S/C12H19BrN2O/c1-3-10(4-2)15(8-9-16)12-11(13)6-5-7-14-12/h5-7,10,16H,3-4,8-9H2,1-2H3. The van der Waals surface area contributed by atoms with Gasteiger partial charge in [-0.15, -0.1) is 0 Å². The Labute approximate surface area is 106 Å². The molecule has 0 saturated heterocycles. The third-order valence-electron chi connectivity index (χ3n) is 2.74. The third-order valence-corrected chi connectivity index (χ3v) is 3.35. The lowest BCUT2D eigenvalue weighted by Crippen LogP contribution is -2.37. The summed E-state index contributed by atoms with van der Waals surface area (Å²) in [5, 5.41) is 9.14. The summed E-state index contributed by atoms with van der Waals surface area (Å²) in [6.45, 7) is 5.10. The number of aliphatic hydroxyl groups is 1. The van der Waals surface area contributed by atoms with Crippen LogP contribution in [0.4, 0.5) is 5.82 Å². The molecule has 0 spiro atoms. The summed E-state index contributed by atoms with van der Waals surface area (Å²) < 4.78 is 0.982. The molecule has 0 aliphatic rings. The Morgan fingerprint density at radius 2 is 2.12 bits per heavy atom. The minimum Gasteiger partial charge on any atom is -0.395 e. The first-order valence-corrected chi connectivity index (χ1v) is 6.51. The molecule has 0 saturated carbocycles. The van der Waals surface area contributed by atoms with E-state index < -0.39 is 0 Å². The van der Waals surface area contributed by atoms with E-state index >= 15 is 0 Å². The van der Waals surface area contributed by atoms with Crippen molar-refractivity contribution in [3.05, 3.63) is 22.8 Å². The van der Waals surface area contributed by atoms with Crippen molar-refractivity contribution >= 4 is 21.7 Å². The lowest BCUT2D eigenvalue weighted by Gasteiger charge is -2.31. The fraction of sp³-hybridized carbons (Fsp3) is 0.583. The third kappa shape index (κ3) is 3.19. The zero-order chi connectivity index (χ0) is 12.0. The maximum Gasteiger partial charge on any atom is 0.143 e. The fourth-order valence-electron chi connectivity index (χ4n) is 1.89. The van der Waals surface area contributed by atoms with E-state index in [9.17, 15) is 0 Å². The van der Waals surface area contributed by atoms with Gasteiger partial charge in [-0.05, 0) is 40.9 Å². The van der Waals surface area contributed by atoms with E-state index in [1.807, 2.05) is 12.1 Å². The number of pyridine rings is 1. The molecule has 0 aromatic carbocycles. The molecule has 16 heavy (non-hydrogen) atoms. The van der Waals surface area contributed by atoms with Gasteiger partial charge in [-0.3, -0.25) is 0 Å². The molecule has 0 amide bonds. The minimum atomic E-state index is 0.152. The molecular formula is C12H19BrN2O. The zero-order valence-corrected chi connectivity index (χ0v) is 11.4. The fourth-order valence-corrected chi connectivity index (χ4v) is 2.37. The van der Waals surface area contributed by atoms with Crippen molar-refractivity contribution in [2.75, 3.05) is 18.1 Å². The molecule has 1 heterocycles. The van der Waals surface area contributed by atoms with E-state index in [4.69, 9.17) is 5.11 Å². The summed E-state index contributed by atoms with van der Waals surface area (Å²) >= 11 is 3.51. The van der Waals surface area contributed by atoms with E-state index in [1.54, 1.807) is 6.20 Å². The van der Waals surface area contributed by atoms with Crippen molar-refractivity contribution in [3.63, 3.8) is 0 Å². The number of anilines is 1. The molecule has 0 atom stereocenters. The summed E-state index contributed by atoms with van der Waals surface area (Å²) in [5.74, 6) is 0.922. The van der Waals surface area contributed by atoms with Crippen molar-refractivity contribution in [1.29, 1.82) is 0 Å². The van der Waals surface area contributed by atoms with Gasteiger partial charge in [-0.25, -0.2) is 4.98 Å². The number of aliphatic hydroxyl groups excluding tert-OH is 1. The molecule has 0 aliphatic carbocycles. The molecule has 0 radical (unpaired) electrons. The largest absolute Gasteiger partial charge is 0.395 e. The summed E-state index contributed by atoms with van der Waals surface area (Å²) in [6, 6.07) is 4.31. The number of aromatic nitrogens is 1. The second-order valence-electron chi connectivity index (χ2n) is 3.70. The first kappa shape index (κ1) is 13.5. The number of rotatable bonds is 6. The highest BCUT2D eigenvalue weighted by molar-refractivity contribution is 9.10. The van der Waals surface area contributed by atoms with Gasteiger partial charge < -0.3 is 10.0 Å². The van der Waals surface area contributed by atoms with Crippen molar-refractivity contribution in [2.45, 2.75) is 32.7 Å². The van der Waals surface area contributed by atoms with Crippen LogP contribution in [0.1, 0.15) is 26.7 Å². The predicted octanol–water partition coefficient (Wildman–Crippen LogP) is 2.83. The zero-order valence-electron chi connectivity index (χ0n) is 9.86. The molecular weight excluding hydrogens is 268 g/mol. The second kappa shape index (κ2) is 6.86. The number of halogens is 1. The van der Waals surface area contributed by atoms with Crippen molar-refractivity contribution in [3.8, 4) is 0 Å². The molecule has 4 heteroatoms. The Morgan fingerprint density at radius 1 is 1.44 bits per heavy atom. The Kier molecular flexibility index (Phi) is 5.77. The molecule has 1 N–H and O–H groups in total. The van der Waals surface area contributed by atoms with Crippen molar-refractivity contribution in [2.24, 2.45) is 0 Å². The van der Waals surface area contributed by atoms with Crippen LogP contribution in [0.25, 0.3) is 0 Å². The van der Waals surface area contributed by atoms with Crippen molar-refractivity contribution in [1.82, 2.24) is 4.98 Å². The molecule has 1 aromatic heterocycles. The second-order valence-corrected chi connectivity index (χ2v) is 4.55. The van der Waals surface area contributed by atoms with Gasteiger partial charge in [-0.2, -0.15) is 0 Å². The Balaban J connectivity index is 2.97. The lowest BCUT2D eigenvalue weighted by molar-refractivity contribution is 0.295. The molecule has 0 fully saturated rings. The Hall–Kier alpha value is -0.610.